The summed E-state index contributed by atoms with van der Waals surface area (Å²) in [7, 11) is 1.24. The molecule has 3 aromatic rings. The molecule has 3 unspecified atom stereocenters. The topological polar surface area (TPSA) is 191 Å². The first-order valence-electron chi connectivity index (χ1n) is 14.7. The number of anilines is 1. The molecule has 1 fully saturated rings. The minimum atomic E-state index is -0.709. The van der Waals surface area contributed by atoms with E-state index < -0.39 is 24.0 Å². The minimum Gasteiger partial charge on any atom is -0.461 e. The van der Waals surface area contributed by atoms with Gasteiger partial charge in [0, 0.05) is 34.4 Å². The molecule has 15 nitrogen and oxygen atoms in total. The second kappa shape index (κ2) is 15.2. The molecule has 0 aliphatic carbocycles. The third kappa shape index (κ3) is 8.25. The summed E-state index contributed by atoms with van der Waals surface area (Å²) in [6.45, 7) is 1.82. The van der Waals surface area contributed by atoms with Gasteiger partial charge in [0.25, 0.3) is 0 Å². The van der Waals surface area contributed by atoms with Gasteiger partial charge in [-0.15, -0.1) is 5.10 Å². The number of hydrogen-bond acceptors (Lipinski definition) is 11. The Balaban J connectivity index is 1.45. The Labute approximate surface area is 274 Å². The molecule has 3 heterocycles. The Bertz CT molecular complexity index is 1740. The second-order valence-electron chi connectivity index (χ2n) is 10.5. The highest BCUT2D eigenvalue weighted by atomic mass is 35.5. The molecule has 2 aliphatic heterocycles. The van der Waals surface area contributed by atoms with E-state index in [4.69, 9.17) is 21.1 Å². The number of allylic oxidation sites excluding steroid dienone is 1. The van der Waals surface area contributed by atoms with Gasteiger partial charge >= 0.3 is 12.1 Å². The third-order valence-corrected chi connectivity index (χ3v) is 7.72. The maximum Gasteiger partial charge on any atom is 0.411 e. The quantitative estimate of drug-likeness (QED) is 0.216. The molecular weight excluding hydrogens is 630 g/mol. The summed E-state index contributed by atoms with van der Waals surface area (Å²) in [6.07, 6.45) is 8.28. The number of fused-ring (bicyclic) bond motifs is 4. The molecule has 47 heavy (non-hydrogen) atoms. The zero-order valence-electron chi connectivity index (χ0n) is 25.5. The number of nitrogens with one attached hydrogen (secondary N) is 4. The average molecular weight is 662 g/mol. The number of ether oxygens (including phenoxy) is 2. The molecule has 0 spiro atoms. The minimum absolute atomic E-state index is 0.0122. The molecule has 4 N–H and O–H groups in total. The summed E-state index contributed by atoms with van der Waals surface area (Å²) in [6, 6.07) is 9.15. The molecule has 244 valence electrons. The number of amides is 3. The van der Waals surface area contributed by atoms with Crippen molar-refractivity contribution in [2.45, 2.75) is 44.2 Å². The number of aromatic nitrogens is 4. The van der Waals surface area contributed by atoms with Gasteiger partial charge in [0.2, 0.25) is 11.8 Å². The van der Waals surface area contributed by atoms with E-state index in [0.29, 0.717) is 46.8 Å². The third-order valence-electron chi connectivity index (χ3n) is 7.48. The van der Waals surface area contributed by atoms with E-state index in [2.05, 4.69) is 42.0 Å². The van der Waals surface area contributed by atoms with Crippen LogP contribution in [-0.2, 0) is 23.9 Å². The average Bonchev–Trinajstić information content (AvgIpc) is 3.60. The van der Waals surface area contributed by atoms with Crippen molar-refractivity contribution < 1.29 is 28.7 Å². The smallest absolute Gasteiger partial charge is 0.411 e. The van der Waals surface area contributed by atoms with Gasteiger partial charge in [0.05, 0.1) is 31.0 Å². The van der Waals surface area contributed by atoms with Crippen molar-refractivity contribution >= 4 is 58.6 Å². The molecule has 3 amide bonds. The van der Waals surface area contributed by atoms with Gasteiger partial charge in [-0.05, 0) is 84.7 Å². The number of carbonyl (C=O) groups excluding carboxylic acids is 4. The monoisotopic (exact) mass is 661 g/mol. The van der Waals surface area contributed by atoms with Crippen molar-refractivity contribution in [3.8, 4) is 5.69 Å². The molecule has 2 aliphatic rings. The zero-order chi connectivity index (χ0) is 33.3. The Hall–Kier alpha value is -5.41. The van der Waals surface area contributed by atoms with Crippen molar-refractivity contribution in [3.63, 3.8) is 0 Å². The number of rotatable bonds is 7. The Morgan fingerprint density at radius 1 is 1.19 bits per heavy atom. The lowest BCUT2D eigenvalue weighted by molar-refractivity contribution is -0.135. The van der Waals surface area contributed by atoms with Crippen LogP contribution < -0.4 is 21.5 Å². The van der Waals surface area contributed by atoms with E-state index >= 15 is 0 Å². The maximum absolute atomic E-state index is 13.3. The van der Waals surface area contributed by atoms with E-state index in [0.717, 1.165) is 0 Å². The van der Waals surface area contributed by atoms with E-state index in [1.165, 1.54) is 24.2 Å². The number of hydrogen-bond donors (Lipinski definition) is 4. The molecule has 0 saturated carbocycles. The molecule has 16 heteroatoms. The lowest BCUT2D eigenvalue weighted by Crippen LogP contribution is -2.60. The summed E-state index contributed by atoms with van der Waals surface area (Å²) in [5, 5.41) is 17.4. The Morgan fingerprint density at radius 2 is 2.04 bits per heavy atom. The van der Waals surface area contributed by atoms with Crippen molar-refractivity contribution in [2.24, 2.45) is 4.99 Å². The number of hydrazine groups is 1. The zero-order valence-corrected chi connectivity index (χ0v) is 26.2. The van der Waals surface area contributed by atoms with E-state index in [1.54, 1.807) is 61.5 Å². The predicted octanol–water partition coefficient (Wildman–Crippen LogP) is 3.15. The van der Waals surface area contributed by atoms with Gasteiger partial charge < -0.3 is 14.8 Å². The molecular formula is C31H32ClN9O6. The first-order valence-corrected chi connectivity index (χ1v) is 15.1. The highest BCUT2D eigenvalue weighted by Gasteiger charge is 2.36. The predicted molar refractivity (Wildman–Crippen MR) is 172 cm³/mol. The standard InChI is InChI=1S/C31H32ClN9O6/c1-3-47-30(44)24-7-5-4-6-23(36-28(42)13-8-18-14-19(32)9-12-27(18)41-17-33-39-40-41)26-16-22(29(43)38-37-26)21-11-10-20(15-25(21)35-24)34-31(45)46-2/h5,7-15,17,22-23,26,37H,3-4,6,16H2,1-2H3,(H,34,45)(H,36,42)(H,38,43)/b7-5?,13-8+,35-24?. The van der Waals surface area contributed by atoms with Crippen LogP contribution in [0.4, 0.5) is 16.2 Å². The van der Waals surface area contributed by atoms with Crippen LogP contribution in [0.5, 0.6) is 0 Å². The van der Waals surface area contributed by atoms with Crippen LogP contribution in [0.2, 0.25) is 5.02 Å². The van der Waals surface area contributed by atoms with Gasteiger partial charge in [0.1, 0.15) is 12.0 Å². The first kappa shape index (κ1) is 33.0. The largest absolute Gasteiger partial charge is 0.461 e. The number of methoxy groups -OCH3 is 1. The summed E-state index contributed by atoms with van der Waals surface area (Å²) in [5.74, 6) is -2.06. The van der Waals surface area contributed by atoms with Gasteiger partial charge in [-0.1, -0.05) is 23.7 Å². The second-order valence-corrected chi connectivity index (χ2v) is 11.0. The molecule has 2 aromatic carbocycles. The van der Waals surface area contributed by atoms with Crippen LogP contribution in [0.25, 0.3) is 11.8 Å². The fourth-order valence-electron chi connectivity index (χ4n) is 5.25. The summed E-state index contributed by atoms with van der Waals surface area (Å²) >= 11 is 6.22. The number of carbonyl (C=O) groups is 4. The fourth-order valence-corrected chi connectivity index (χ4v) is 5.43. The first-order chi connectivity index (χ1) is 22.7. The molecule has 1 aromatic heterocycles. The van der Waals surface area contributed by atoms with Crippen molar-refractivity contribution in [1.82, 2.24) is 36.4 Å². The summed E-state index contributed by atoms with van der Waals surface area (Å²) in [4.78, 5) is 55.8. The lowest BCUT2D eigenvalue weighted by atomic mass is 9.85. The van der Waals surface area contributed by atoms with Gasteiger partial charge in [-0.3, -0.25) is 20.3 Å². The normalized spacial score (nSPS) is 19.3. The molecule has 5 rings (SSSR count). The van der Waals surface area contributed by atoms with Crippen LogP contribution in [0.15, 0.2) is 65.9 Å². The highest BCUT2D eigenvalue weighted by molar-refractivity contribution is 6.41. The Kier molecular flexibility index (Phi) is 10.7. The maximum atomic E-state index is 13.3. The number of tetrazole rings is 1. The van der Waals surface area contributed by atoms with Gasteiger partial charge in [-0.2, -0.15) is 4.68 Å². The number of esters is 1. The van der Waals surface area contributed by atoms with Crippen molar-refractivity contribution in [3.05, 3.63) is 77.1 Å². The lowest BCUT2D eigenvalue weighted by Gasteiger charge is -2.36. The van der Waals surface area contributed by atoms with Crippen molar-refractivity contribution in [1.29, 1.82) is 0 Å². The van der Waals surface area contributed by atoms with Crippen molar-refractivity contribution in [2.75, 3.05) is 19.0 Å². The number of halogens is 1. The van der Waals surface area contributed by atoms with E-state index in [1.807, 2.05) is 0 Å². The van der Waals surface area contributed by atoms with Gasteiger partial charge in [-0.25, -0.2) is 20.0 Å². The summed E-state index contributed by atoms with van der Waals surface area (Å²) in [5.41, 5.74) is 8.19. The van der Waals surface area contributed by atoms with Crippen LogP contribution >= 0.6 is 11.6 Å². The molecule has 0 radical (unpaired) electrons. The van der Waals surface area contributed by atoms with E-state index in [-0.39, 0.29) is 35.9 Å². The molecule has 3 atom stereocenters. The fraction of sp³-hybridized carbons (Fsp3) is 0.290. The highest BCUT2D eigenvalue weighted by Crippen LogP contribution is 2.35. The van der Waals surface area contributed by atoms with E-state index in [9.17, 15) is 19.2 Å². The van der Waals surface area contributed by atoms with Crippen LogP contribution in [0.1, 0.15) is 43.2 Å². The summed E-state index contributed by atoms with van der Waals surface area (Å²) < 4.78 is 11.4. The number of aliphatic imine (C=N–C) groups is 1. The molecule has 2 bridgehead atoms. The molecule has 1 saturated heterocycles. The van der Waals surface area contributed by atoms with Crippen LogP contribution in [0.3, 0.4) is 0 Å². The number of benzene rings is 2. The van der Waals surface area contributed by atoms with Crippen LogP contribution in [-0.4, -0.2) is 75.6 Å². The number of nitrogens with zero attached hydrogens (tertiary/aromatic N) is 5. The van der Waals surface area contributed by atoms with Crippen LogP contribution in [0, 0.1) is 0 Å². The Morgan fingerprint density at radius 3 is 2.81 bits per heavy atom. The SMILES string of the molecule is CCOC(=O)C1=Nc2cc(NC(=O)OC)ccc2C2CC(NNC2=O)C(NC(=O)/C=C/c2cc(Cl)ccc2-n2cnnn2)CCC=C1. The van der Waals surface area contributed by atoms with Gasteiger partial charge in [0.15, 0.2) is 0 Å².